The van der Waals surface area contributed by atoms with E-state index in [4.69, 9.17) is 0 Å². The Kier molecular flexibility index (Phi) is 4.23. The van der Waals surface area contributed by atoms with Gasteiger partial charge in [0.2, 0.25) is 5.12 Å². The Morgan fingerprint density at radius 1 is 1.05 bits per heavy atom. The van der Waals surface area contributed by atoms with E-state index < -0.39 is 0 Å². The fourth-order valence-electron chi connectivity index (χ4n) is 1.84. The summed E-state index contributed by atoms with van der Waals surface area (Å²) in [6.45, 7) is 7.62. The molecule has 0 saturated heterocycles. The van der Waals surface area contributed by atoms with Crippen molar-refractivity contribution in [1.82, 2.24) is 0 Å². The summed E-state index contributed by atoms with van der Waals surface area (Å²) in [5.74, 6) is 0. The van der Waals surface area contributed by atoms with Crippen LogP contribution in [-0.2, 0) is 4.79 Å². The molecular formula is C17H16OS. The van der Waals surface area contributed by atoms with Crippen molar-refractivity contribution in [3.63, 3.8) is 0 Å². The maximum atomic E-state index is 11.6. The number of aryl methyl sites for hydroxylation is 2. The predicted molar refractivity (Wildman–Crippen MR) is 82.4 cm³/mol. The molecule has 2 aromatic carbocycles. The molecule has 0 spiro atoms. The van der Waals surface area contributed by atoms with Gasteiger partial charge in [-0.3, -0.25) is 4.79 Å². The maximum Gasteiger partial charge on any atom is 0.216 e. The third-order valence-corrected chi connectivity index (χ3v) is 3.80. The molecule has 2 rings (SSSR count). The standard InChI is InChI=1S/C17H16OS/c1-4-17(18)19-16-11-13(3)7-10-15(16)14-8-5-12(2)6-9-14/h4-11H,1H2,2-3H3. The molecule has 0 aliphatic carbocycles. The molecule has 2 heteroatoms. The summed E-state index contributed by atoms with van der Waals surface area (Å²) in [4.78, 5) is 12.6. The zero-order valence-corrected chi connectivity index (χ0v) is 12.0. The average Bonchev–Trinajstić information content (AvgIpc) is 2.40. The monoisotopic (exact) mass is 268 g/mol. The molecule has 0 fully saturated rings. The second kappa shape index (κ2) is 5.89. The van der Waals surface area contributed by atoms with Crippen molar-refractivity contribution >= 4 is 16.9 Å². The Morgan fingerprint density at radius 2 is 1.68 bits per heavy atom. The summed E-state index contributed by atoms with van der Waals surface area (Å²) in [6.07, 6.45) is 1.35. The van der Waals surface area contributed by atoms with Crippen LogP contribution in [-0.4, -0.2) is 5.12 Å². The first-order valence-electron chi connectivity index (χ1n) is 6.12. The normalized spacial score (nSPS) is 10.2. The quantitative estimate of drug-likeness (QED) is 0.589. The molecule has 0 aliphatic heterocycles. The van der Waals surface area contributed by atoms with Gasteiger partial charge in [-0.1, -0.05) is 48.5 Å². The van der Waals surface area contributed by atoms with Gasteiger partial charge in [-0.15, -0.1) is 0 Å². The topological polar surface area (TPSA) is 17.1 Å². The van der Waals surface area contributed by atoms with E-state index in [1.165, 1.54) is 23.4 Å². The van der Waals surface area contributed by atoms with Crippen LogP contribution in [0.2, 0.25) is 0 Å². The van der Waals surface area contributed by atoms with Gasteiger partial charge >= 0.3 is 0 Å². The van der Waals surface area contributed by atoms with Crippen molar-refractivity contribution in [1.29, 1.82) is 0 Å². The minimum absolute atomic E-state index is 0.0287. The minimum Gasteiger partial charge on any atom is -0.282 e. The number of hydrogen-bond donors (Lipinski definition) is 0. The van der Waals surface area contributed by atoms with Gasteiger partial charge in [-0.05, 0) is 54.4 Å². The molecule has 0 aliphatic rings. The first-order valence-corrected chi connectivity index (χ1v) is 6.94. The van der Waals surface area contributed by atoms with Crippen LogP contribution in [0.5, 0.6) is 0 Å². The van der Waals surface area contributed by atoms with E-state index in [-0.39, 0.29) is 5.12 Å². The molecule has 0 aromatic heterocycles. The SMILES string of the molecule is C=CC(=O)Sc1cc(C)ccc1-c1ccc(C)cc1. The predicted octanol–water partition coefficient (Wildman–Crippen LogP) is 4.78. The molecule has 0 unspecified atom stereocenters. The maximum absolute atomic E-state index is 11.6. The molecule has 96 valence electrons. The minimum atomic E-state index is -0.0287. The van der Waals surface area contributed by atoms with Crippen molar-refractivity contribution in [3.05, 3.63) is 66.2 Å². The smallest absolute Gasteiger partial charge is 0.216 e. The van der Waals surface area contributed by atoms with Crippen LogP contribution < -0.4 is 0 Å². The van der Waals surface area contributed by atoms with Crippen LogP contribution >= 0.6 is 11.8 Å². The van der Waals surface area contributed by atoms with Gasteiger partial charge in [0.25, 0.3) is 0 Å². The Hall–Kier alpha value is -1.80. The highest BCUT2D eigenvalue weighted by atomic mass is 32.2. The van der Waals surface area contributed by atoms with E-state index in [1.807, 2.05) is 13.0 Å². The Bertz CT molecular complexity index is 612. The van der Waals surface area contributed by atoms with Gasteiger partial charge in [0.15, 0.2) is 0 Å². The van der Waals surface area contributed by atoms with Crippen LogP contribution in [0.25, 0.3) is 11.1 Å². The van der Waals surface area contributed by atoms with E-state index >= 15 is 0 Å². The number of hydrogen-bond acceptors (Lipinski definition) is 2. The Labute approximate surface area is 118 Å². The first kappa shape index (κ1) is 13.6. The van der Waals surface area contributed by atoms with E-state index in [0.29, 0.717) is 0 Å². The van der Waals surface area contributed by atoms with Crippen molar-refractivity contribution in [2.75, 3.05) is 0 Å². The largest absolute Gasteiger partial charge is 0.282 e. The Balaban J connectivity index is 2.47. The lowest BCUT2D eigenvalue weighted by molar-refractivity contribution is -0.107. The summed E-state index contributed by atoms with van der Waals surface area (Å²) >= 11 is 1.23. The molecule has 0 bridgehead atoms. The lowest BCUT2D eigenvalue weighted by atomic mass is 10.0. The molecular weight excluding hydrogens is 252 g/mol. The van der Waals surface area contributed by atoms with Crippen LogP contribution in [0.3, 0.4) is 0 Å². The molecule has 19 heavy (non-hydrogen) atoms. The van der Waals surface area contributed by atoms with E-state index in [2.05, 4.69) is 49.9 Å². The van der Waals surface area contributed by atoms with Crippen molar-refractivity contribution < 1.29 is 4.79 Å². The second-order valence-corrected chi connectivity index (χ2v) is 5.54. The van der Waals surface area contributed by atoms with Gasteiger partial charge in [0, 0.05) is 4.90 Å². The van der Waals surface area contributed by atoms with Crippen LogP contribution in [0.1, 0.15) is 11.1 Å². The third kappa shape index (κ3) is 3.36. The summed E-state index contributed by atoms with van der Waals surface area (Å²) in [7, 11) is 0. The van der Waals surface area contributed by atoms with Crippen LogP contribution in [0, 0.1) is 13.8 Å². The van der Waals surface area contributed by atoms with Gasteiger partial charge in [0.05, 0.1) is 0 Å². The number of thioether (sulfide) groups is 1. The summed E-state index contributed by atoms with van der Waals surface area (Å²) < 4.78 is 0. The van der Waals surface area contributed by atoms with Crippen molar-refractivity contribution in [2.45, 2.75) is 18.7 Å². The zero-order valence-electron chi connectivity index (χ0n) is 11.1. The number of carbonyl (C=O) groups is 1. The molecule has 0 heterocycles. The van der Waals surface area contributed by atoms with Gasteiger partial charge in [-0.2, -0.15) is 0 Å². The summed E-state index contributed by atoms with van der Waals surface area (Å²) in [6, 6.07) is 14.5. The highest BCUT2D eigenvalue weighted by molar-refractivity contribution is 8.14. The fourth-order valence-corrected chi connectivity index (χ4v) is 2.68. The van der Waals surface area contributed by atoms with Gasteiger partial charge in [-0.25, -0.2) is 0 Å². The lowest BCUT2D eigenvalue weighted by Gasteiger charge is -2.09. The van der Waals surface area contributed by atoms with E-state index in [0.717, 1.165) is 21.6 Å². The number of carbonyl (C=O) groups excluding carboxylic acids is 1. The molecule has 0 saturated carbocycles. The molecule has 0 radical (unpaired) electrons. The third-order valence-electron chi connectivity index (χ3n) is 2.88. The summed E-state index contributed by atoms with van der Waals surface area (Å²) in [5.41, 5.74) is 4.60. The Morgan fingerprint density at radius 3 is 2.32 bits per heavy atom. The van der Waals surface area contributed by atoms with Crippen molar-refractivity contribution in [3.8, 4) is 11.1 Å². The number of rotatable bonds is 3. The average molecular weight is 268 g/mol. The fraction of sp³-hybridized carbons (Fsp3) is 0.118. The lowest BCUT2D eigenvalue weighted by Crippen LogP contribution is -1.89. The second-order valence-electron chi connectivity index (χ2n) is 4.49. The highest BCUT2D eigenvalue weighted by Crippen LogP contribution is 2.33. The van der Waals surface area contributed by atoms with Gasteiger partial charge in [0.1, 0.15) is 0 Å². The van der Waals surface area contributed by atoms with Crippen LogP contribution in [0.15, 0.2) is 60.0 Å². The molecule has 0 N–H and O–H groups in total. The molecule has 0 atom stereocenters. The summed E-state index contributed by atoms with van der Waals surface area (Å²) in [5, 5.41) is -0.0287. The van der Waals surface area contributed by atoms with Crippen LogP contribution in [0.4, 0.5) is 0 Å². The van der Waals surface area contributed by atoms with Gasteiger partial charge < -0.3 is 0 Å². The molecule has 2 aromatic rings. The van der Waals surface area contributed by atoms with E-state index in [9.17, 15) is 4.79 Å². The molecule has 1 nitrogen and oxygen atoms in total. The van der Waals surface area contributed by atoms with Crippen molar-refractivity contribution in [2.24, 2.45) is 0 Å². The highest BCUT2D eigenvalue weighted by Gasteiger charge is 2.09. The molecule has 0 amide bonds. The first-order chi connectivity index (χ1) is 9.10. The number of benzene rings is 2. The van der Waals surface area contributed by atoms with E-state index in [1.54, 1.807) is 0 Å². The zero-order chi connectivity index (χ0) is 13.8.